The maximum Gasteiger partial charge on any atom is 0.0395 e. The van der Waals surface area contributed by atoms with E-state index in [0.717, 1.165) is 7.36 Å². The van der Waals surface area contributed by atoms with Gasteiger partial charge in [0.25, 0.3) is 0 Å². The van der Waals surface area contributed by atoms with Crippen molar-refractivity contribution < 1.29 is 0 Å². The van der Waals surface area contributed by atoms with Crippen molar-refractivity contribution in [2.45, 2.75) is 94.7 Å². The zero-order chi connectivity index (χ0) is 20.9. The Bertz CT molecular complexity index is 600. The molecule has 0 radical (unpaired) electrons. The van der Waals surface area contributed by atoms with Gasteiger partial charge >= 0.3 is 0 Å². The zero-order valence-corrected chi connectivity index (χ0v) is 21.2. The molecule has 2 unspecified atom stereocenters. The second-order valence-corrected chi connectivity index (χ2v) is 13.3. The summed E-state index contributed by atoms with van der Waals surface area (Å²) in [5, 5.41) is 1.45. The molecule has 1 aliphatic carbocycles. The number of rotatable bonds is 2. The van der Waals surface area contributed by atoms with E-state index >= 15 is 0 Å². The van der Waals surface area contributed by atoms with Gasteiger partial charge in [-0.15, -0.1) is 0 Å². The standard InChI is InChI=1S/C23H42NPS/c1-20(2,3)15-14-16(21(4,5)6)19(25-26)17(22(7,8)9)18(15)24(13)23(10,11)12/h14,17-18H,1-13H3. The average Bonchev–Trinajstić information content (AvgIpc) is 2.39. The third-order valence-corrected chi connectivity index (χ3v) is 6.99. The van der Waals surface area contributed by atoms with Gasteiger partial charge in [-0.3, -0.25) is 4.90 Å². The first kappa shape index (κ1) is 24.0. The van der Waals surface area contributed by atoms with Crippen LogP contribution in [0.2, 0.25) is 0 Å². The molecular weight excluding hydrogens is 353 g/mol. The predicted octanol–water partition coefficient (Wildman–Crippen LogP) is 7.44. The molecule has 0 saturated heterocycles. The summed E-state index contributed by atoms with van der Waals surface area (Å²) in [6, 6.07) is 0.367. The fourth-order valence-corrected chi connectivity index (χ4v) is 5.69. The van der Waals surface area contributed by atoms with Crippen LogP contribution in [0, 0.1) is 22.2 Å². The summed E-state index contributed by atoms with van der Waals surface area (Å²) < 4.78 is 0. The maximum atomic E-state index is 5.70. The molecule has 0 aromatic heterocycles. The molecule has 150 valence electrons. The van der Waals surface area contributed by atoms with Crippen LogP contribution in [-0.4, -0.2) is 23.5 Å². The third kappa shape index (κ3) is 5.06. The first-order valence-corrected chi connectivity index (χ1v) is 11.8. The van der Waals surface area contributed by atoms with Gasteiger partial charge in [-0.1, -0.05) is 80.2 Å². The van der Waals surface area contributed by atoms with Gasteiger partial charge in [-0.05, 0) is 60.5 Å². The molecule has 26 heavy (non-hydrogen) atoms. The summed E-state index contributed by atoms with van der Waals surface area (Å²) in [5.41, 5.74) is 3.47. The van der Waals surface area contributed by atoms with E-state index in [4.69, 9.17) is 11.8 Å². The number of likely N-dealkylation sites (N-methyl/N-ethyl adjacent to an activating group) is 1. The van der Waals surface area contributed by atoms with Crippen LogP contribution in [-0.2, 0) is 11.8 Å². The smallest absolute Gasteiger partial charge is 0.0395 e. The van der Waals surface area contributed by atoms with Gasteiger partial charge in [-0.2, -0.15) is 0 Å². The molecule has 0 saturated carbocycles. The summed E-state index contributed by atoms with van der Waals surface area (Å²) in [6.45, 7) is 28.2. The molecule has 1 rings (SSSR count). The molecular formula is C23H42NPS. The highest BCUT2D eigenvalue weighted by atomic mass is 32.4. The minimum Gasteiger partial charge on any atom is -0.294 e. The van der Waals surface area contributed by atoms with Crippen LogP contribution < -0.4 is 0 Å². The molecule has 2 atom stereocenters. The lowest BCUT2D eigenvalue weighted by atomic mass is 9.63. The van der Waals surface area contributed by atoms with Gasteiger partial charge in [0.05, 0.1) is 0 Å². The molecule has 0 amide bonds. The average molecular weight is 396 g/mol. The molecule has 0 heterocycles. The molecule has 0 N–H and O–H groups in total. The quantitative estimate of drug-likeness (QED) is 0.447. The predicted molar refractivity (Wildman–Crippen MR) is 123 cm³/mol. The summed E-state index contributed by atoms with van der Waals surface area (Å²) in [4.78, 5) is 2.58. The van der Waals surface area contributed by atoms with Crippen LogP contribution in [0.25, 0.3) is 0 Å². The lowest BCUT2D eigenvalue weighted by Crippen LogP contribution is -2.55. The third-order valence-electron chi connectivity index (χ3n) is 5.69. The molecule has 0 aliphatic heterocycles. The normalized spacial score (nSPS) is 23.7. The van der Waals surface area contributed by atoms with Gasteiger partial charge < -0.3 is 0 Å². The van der Waals surface area contributed by atoms with E-state index in [0.29, 0.717) is 12.0 Å². The molecule has 0 aromatic carbocycles. The van der Waals surface area contributed by atoms with Crippen molar-refractivity contribution in [2.75, 3.05) is 7.05 Å². The van der Waals surface area contributed by atoms with Crippen molar-refractivity contribution in [3.63, 3.8) is 0 Å². The Morgan fingerprint density at radius 3 is 1.58 bits per heavy atom. The first-order chi connectivity index (χ1) is 11.3. The van der Waals surface area contributed by atoms with E-state index in [2.05, 4.69) is 101 Å². The van der Waals surface area contributed by atoms with Crippen LogP contribution >= 0.6 is 7.36 Å². The Balaban J connectivity index is 3.91. The zero-order valence-electron chi connectivity index (χ0n) is 19.5. The van der Waals surface area contributed by atoms with E-state index in [1.807, 2.05) is 0 Å². The molecule has 0 aromatic rings. The van der Waals surface area contributed by atoms with Gasteiger partial charge in [0.2, 0.25) is 0 Å². The topological polar surface area (TPSA) is 3.24 Å². The fraction of sp³-hybridized carbons (Fsp3) is 0.826. The largest absolute Gasteiger partial charge is 0.294 e. The van der Waals surface area contributed by atoms with Crippen molar-refractivity contribution in [1.82, 2.24) is 4.90 Å². The minimum absolute atomic E-state index is 0.0984. The van der Waals surface area contributed by atoms with Gasteiger partial charge in [-0.25, -0.2) is 0 Å². The fourth-order valence-electron chi connectivity index (χ4n) is 3.91. The number of hydrogen-bond donors (Lipinski definition) is 0. The number of allylic oxidation sites excluding steroid dienone is 2. The Morgan fingerprint density at radius 2 is 1.31 bits per heavy atom. The summed E-state index contributed by atoms with van der Waals surface area (Å²) in [6.07, 6.45) is 2.50. The van der Waals surface area contributed by atoms with Crippen molar-refractivity contribution >= 4 is 19.2 Å². The second kappa shape index (κ2) is 7.41. The monoisotopic (exact) mass is 395 g/mol. The Kier molecular flexibility index (Phi) is 6.84. The molecule has 1 nitrogen and oxygen atoms in total. The summed E-state index contributed by atoms with van der Waals surface area (Å²) in [5.74, 6) is 0.416. The van der Waals surface area contributed by atoms with E-state index in [1.54, 1.807) is 5.57 Å². The van der Waals surface area contributed by atoms with Crippen molar-refractivity contribution in [3.8, 4) is 0 Å². The Labute approximate surface area is 170 Å². The summed E-state index contributed by atoms with van der Waals surface area (Å²) >= 11 is 5.70. The van der Waals surface area contributed by atoms with Crippen LogP contribution in [0.3, 0.4) is 0 Å². The lowest BCUT2D eigenvalue weighted by Gasteiger charge is -2.53. The second-order valence-electron chi connectivity index (χ2n) is 12.1. The number of nitrogens with zero attached hydrogens (tertiary/aromatic N) is 1. The molecule has 3 heteroatoms. The van der Waals surface area contributed by atoms with Crippen molar-refractivity contribution in [1.29, 1.82) is 0 Å². The Morgan fingerprint density at radius 1 is 0.846 bits per heavy atom. The molecule has 0 fully saturated rings. The Hall–Kier alpha value is -0.0400. The highest BCUT2D eigenvalue weighted by Crippen LogP contribution is 2.54. The number of hydrogen-bond acceptors (Lipinski definition) is 2. The van der Waals surface area contributed by atoms with Crippen LogP contribution in [0.1, 0.15) is 83.1 Å². The van der Waals surface area contributed by atoms with E-state index in [1.165, 1.54) is 10.9 Å². The van der Waals surface area contributed by atoms with Gasteiger partial charge in [0.1, 0.15) is 0 Å². The molecule has 0 bridgehead atoms. The van der Waals surface area contributed by atoms with Gasteiger partial charge in [0.15, 0.2) is 0 Å². The summed E-state index contributed by atoms with van der Waals surface area (Å²) in [7, 11) is 3.29. The maximum absolute atomic E-state index is 5.70. The highest BCUT2D eigenvalue weighted by molar-refractivity contribution is 7.98. The minimum atomic E-state index is 0.0984. The van der Waals surface area contributed by atoms with E-state index in [9.17, 15) is 0 Å². The SMILES string of the molecule is CN(C1C(C(C)(C)C)=CC(C(C)(C)C)=C(P=S)C1C(C)(C)C)C(C)(C)C. The van der Waals surface area contributed by atoms with Crippen LogP contribution in [0.15, 0.2) is 22.5 Å². The molecule has 0 spiro atoms. The lowest BCUT2D eigenvalue weighted by molar-refractivity contribution is 0.0606. The first-order valence-electron chi connectivity index (χ1n) is 9.86. The van der Waals surface area contributed by atoms with E-state index < -0.39 is 0 Å². The van der Waals surface area contributed by atoms with Crippen LogP contribution in [0.5, 0.6) is 0 Å². The van der Waals surface area contributed by atoms with E-state index in [-0.39, 0.29) is 21.8 Å². The van der Waals surface area contributed by atoms with Crippen molar-refractivity contribution in [2.24, 2.45) is 22.2 Å². The molecule has 1 aliphatic rings. The van der Waals surface area contributed by atoms with Gasteiger partial charge in [0, 0.05) is 24.9 Å². The highest BCUT2D eigenvalue weighted by Gasteiger charge is 2.47. The van der Waals surface area contributed by atoms with Crippen molar-refractivity contribution in [3.05, 3.63) is 22.5 Å². The van der Waals surface area contributed by atoms with Crippen LogP contribution in [0.4, 0.5) is 0 Å².